The van der Waals surface area contributed by atoms with Gasteiger partial charge in [0.2, 0.25) is 0 Å². The summed E-state index contributed by atoms with van der Waals surface area (Å²) in [5, 5.41) is 0.740. The van der Waals surface area contributed by atoms with Crippen molar-refractivity contribution in [1.82, 2.24) is 9.55 Å². The monoisotopic (exact) mass is 268 g/mol. The largest absolute Gasteiger partial charge is 0.331 e. The number of benzene rings is 1. The van der Waals surface area contributed by atoms with Crippen molar-refractivity contribution < 1.29 is 0 Å². The summed E-state index contributed by atoms with van der Waals surface area (Å²) in [5.41, 5.74) is 2.18. The van der Waals surface area contributed by atoms with Crippen LogP contribution in [0.1, 0.15) is 39.2 Å². The Morgan fingerprint density at radius 1 is 1.41 bits per heavy atom. The van der Waals surface area contributed by atoms with Gasteiger partial charge in [0.1, 0.15) is 0 Å². The number of halogens is 1. The number of H-pyrrole nitrogens is 1. The van der Waals surface area contributed by atoms with Gasteiger partial charge in [-0.2, -0.15) is 0 Å². The summed E-state index contributed by atoms with van der Waals surface area (Å²) in [4.78, 5) is 3.23. The number of aromatic amines is 1. The van der Waals surface area contributed by atoms with Crippen molar-refractivity contribution >= 4 is 34.9 Å². The number of hydrogen-bond donors (Lipinski definition) is 1. The van der Waals surface area contributed by atoms with Gasteiger partial charge in [0.25, 0.3) is 0 Å². The molecule has 2 rings (SSSR count). The Morgan fingerprint density at radius 2 is 2.18 bits per heavy atom. The predicted octanol–water partition coefficient (Wildman–Crippen LogP) is 5.10. The standard InChI is InChI=1S/C13H17ClN2S/c1-3-5-10(4-2)16-12-7-6-9(14)8-11(12)15-13(16)17/h6-8,10H,3-5H2,1-2H3,(H,15,17). The summed E-state index contributed by atoms with van der Waals surface area (Å²) < 4.78 is 3.02. The van der Waals surface area contributed by atoms with Gasteiger partial charge in [0.05, 0.1) is 11.0 Å². The van der Waals surface area contributed by atoms with Crippen LogP contribution in [0.3, 0.4) is 0 Å². The molecule has 0 saturated heterocycles. The van der Waals surface area contributed by atoms with Crippen LogP contribution in [-0.4, -0.2) is 9.55 Å². The molecule has 1 atom stereocenters. The minimum Gasteiger partial charge on any atom is -0.331 e. The van der Waals surface area contributed by atoms with E-state index in [0.29, 0.717) is 6.04 Å². The van der Waals surface area contributed by atoms with Gasteiger partial charge < -0.3 is 9.55 Å². The average Bonchev–Trinajstić information content (AvgIpc) is 2.61. The fraction of sp³-hybridized carbons (Fsp3) is 0.462. The second kappa shape index (κ2) is 5.23. The summed E-state index contributed by atoms with van der Waals surface area (Å²) in [5.74, 6) is 0. The van der Waals surface area contributed by atoms with Crippen LogP contribution in [0.5, 0.6) is 0 Å². The molecule has 0 fully saturated rings. The summed E-state index contributed by atoms with van der Waals surface area (Å²) in [7, 11) is 0. The van der Waals surface area contributed by atoms with E-state index in [2.05, 4.69) is 23.4 Å². The summed E-state index contributed by atoms with van der Waals surface area (Å²) in [6, 6.07) is 6.37. The number of hydrogen-bond acceptors (Lipinski definition) is 1. The topological polar surface area (TPSA) is 20.7 Å². The lowest BCUT2D eigenvalue weighted by Gasteiger charge is -2.16. The number of fused-ring (bicyclic) bond motifs is 1. The Bertz CT molecular complexity index is 570. The molecule has 17 heavy (non-hydrogen) atoms. The molecule has 1 N–H and O–H groups in total. The molecule has 2 nitrogen and oxygen atoms in total. The van der Waals surface area contributed by atoms with E-state index in [4.69, 9.17) is 23.8 Å². The van der Waals surface area contributed by atoms with Crippen LogP contribution < -0.4 is 0 Å². The fourth-order valence-corrected chi connectivity index (χ4v) is 2.84. The van der Waals surface area contributed by atoms with Gasteiger partial charge in [-0.25, -0.2) is 0 Å². The zero-order chi connectivity index (χ0) is 12.4. The van der Waals surface area contributed by atoms with Gasteiger partial charge in [0, 0.05) is 11.1 Å². The number of nitrogens with zero attached hydrogens (tertiary/aromatic N) is 1. The third-order valence-electron chi connectivity index (χ3n) is 3.14. The zero-order valence-electron chi connectivity index (χ0n) is 10.2. The van der Waals surface area contributed by atoms with E-state index in [1.165, 1.54) is 6.42 Å². The lowest BCUT2D eigenvalue weighted by molar-refractivity contribution is 0.454. The maximum atomic E-state index is 5.99. The number of nitrogens with one attached hydrogen (secondary N) is 1. The molecule has 0 aliphatic heterocycles. The first kappa shape index (κ1) is 12.7. The highest BCUT2D eigenvalue weighted by atomic mass is 35.5. The van der Waals surface area contributed by atoms with Gasteiger partial charge in [-0.15, -0.1) is 0 Å². The maximum Gasteiger partial charge on any atom is 0.178 e. The Labute approximate surface area is 112 Å². The second-order valence-corrected chi connectivity index (χ2v) is 5.14. The first-order valence-electron chi connectivity index (χ1n) is 6.07. The maximum absolute atomic E-state index is 5.99. The molecule has 0 aliphatic rings. The molecule has 0 amide bonds. The Balaban J connectivity index is 2.59. The van der Waals surface area contributed by atoms with Gasteiger partial charge in [-0.1, -0.05) is 31.9 Å². The lowest BCUT2D eigenvalue weighted by atomic mass is 10.1. The van der Waals surface area contributed by atoms with Crippen molar-refractivity contribution in [2.45, 2.75) is 39.2 Å². The molecule has 0 aliphatic carbocycles. The van der Waals surface area contributed by atoms with Gasteiger partial charge in [-0.3, -0.25) is 0 Å². The van der Waals surface area contributed by atoms with E-state index in [0.717, 1.165) is 33.7 Å². The lowest BCUT2D eigenvalue weighted by Crippen LogP contribution is -2.07. The van der Waals surface area contributed by atoms with Gasteiger partial charge in [0.15, 0.2) is 4.77 Å². The molecule has 0 saturated carbocycles. The SMILES string of the molecule is CCCC(CC)n1c(=S)[nH]c2cc(Cl)ccc21. The first-order valence-corrected chi connectivity index (χ1v) is 6.85. The highest BCUT2D eigenvalue weighted by Crippen LogP contribution is 2.26. The Kier molecular flexibility index (Phi) is 3.89. The molecular weight excluding hydrogens is 252 g/mol. The predicted molar refractivity (Wildman–Crippen MR) is 76.4 cm³/mol. The highest BCUT2D eigenvalue weighted by molar-refractivity contribution is 7.71. The van der Waals surface area contributed by atoms with Crippen LogP contribution >= 0.6 is 23.8 Å². The molecule has 2 aromatic rings. The molecule has 92 valence electrons. The van der Waals surface area contributed by atoms with Crippen molar-refractivity contribution in [2.75, 3.05) is 0 Å². The van der Waals surface area contributed by atoms with E-state index in [-0.39, 0.29) is 0 Å². The number of aromatic nitrogens is 2. The zero-order valence-corrected chi connectivity index (χ0v) is 11.7. The Hall–Kier alpha value is -0.800. The highest BCUT2D eigenvalue weighted by Gasteiger charge is 2.13. The van der Waals surface area contributed by atoms with E-state index in [1.54, 1.807) is 0 Å². The van der Waals surface area contributed by atoms with E-state index >= 15 is 0 Å². The molecule has 0 bridgehead atoms. The summed E-state index contributed by atoms with van der Waals surface area (Å²) in [6.07, 6.45) is 3.42. The minimum atomic E-state index is 0.474. The number of rotatable bonds is 4. The third-order valence-corrected chi connectivity index (χ3v) is 3.67. The molecule has 1 heterocycles. The minimum absolute atomic E-state index is 0.474. The summed E-state index contributed by atoms with van der Waals surface area (Å²) >= 11 is 11.4. The quantitative estimate of drug-likeness (QED) is 0.765. The molecular formula is C13H17ClN2S. The van der Waals surface area contributed by atoms with Crippen molar-refractivity contribution in [3.8, 4) is 0 Å². The van der Waals surface area contributed by atoms with Crippen LogP contribution in [0, 0.1) is 4.77 Å². The van der Waals surface area contributed by atoms with Crippen LogP contribution in [0.25, 0.3) is 11.0 Å². The van der Waals surface area contributed by atoms with Crippen LogP contribution in [0.2, 0.25) is 5.02 Å². The molecule has 1 aromatic carbocycles. The van der Waals surface area contributed by atoms with Crippen LogP contribution in [-0.2, 0) is 0 Å². The van der Waals surface area contributed by atoms with Crippen LogP contribution in [0.4, 0.5) is 0 Å². The smallest absolute Gasteiger partial charge is 0.178 e. The summed E-state index contributed by atoms with van der Waals surface area (Å²) in [6.45, 7) is 4.41. The molecule has 1 unspecified atom stereocenters. The van der Waals surface area contributed by atoms with E-state index in [1.807, 2.05) is 18.2 Å². The van der Waals surface area contributed by atoms with Crippen molar-refractivity contribution in [1.29, 1.82) is 0 Å². The number of imidazole rings is 1. The van der Waals surface area contributed by atoms with Crippen molar-refractivity contribution in [2.24, 2.45) is 0 Å². The average molecular weight is 269 g/mol. The van der Waals surface area contributed by atoms with Crippen molar-refractivity contribution in [3.63, 3.8) is 0 Å². The Morgan fingerprint density at radius 3 is 2.82 bits per heavy atom. The molecule has 4 heteroatoms. The molecule has 1 aromatic heterocycles. The van der Waals surface area contributed by atoms with Crippen LogP contribution in [0.15, 0.2) is 18.2 Å². The third kappa shape index (κ3) is 2.40. The fourth-order valence-electron chi connectivity index (χ4n) is 2.31. The normalized spacial score (nSPS) is 13.1. The van der Waals surface area contributed by atoms with Gasteiger partial charge in [-0.05, 0) is 43.3 Å². The van der Waals surface area contributed by atoms with Crippen molar-refractivity contribution in [3.05, 3.63) is 28.0 Å². The molecule has 0 radical (unpaired) electrons. The van der Waals surface area contributed by atoms with E-state index < -0.39 is 0 Å². The second-order valence-electron chi connectivity index (χ2n) is 4.31. The molecule has 0 spiro atoms. The van der Waals surface area contributed by atoms with Gasteiger partial charge >= 0.3 is 0 Å². The van der Waals surface area contributed by atoms with E-state index in [9.17, 15) is 0 Å². The first-order chi connectivity index (χ1) is 8.17.